The Morgan fingerprint density at radius 2 is 1.60 bits per heavy atom. The Morgan fingerprint density at radius 3 is 2.24 bits per heavy atom. The molecule has 0 aliphatic rings. The van der Waals surface area contributed by atoms with E-state index in [-0.39, 0.29) is 31.1 Å². The van der Waals surface area contributed by atoms with Crippen LogP contribution in [0.4, 0.5) is 4.79 Å². The molecule has 0 atom stereocenters. The van der Waals surface area contributed by atoms with Crippen molar-refractivity contribution >= 4 is 17.9 Å². The van der Waals surface area contributed by atoms with Gasteiger partial charge in [-0.15, -0.1) is 0 Å². The molecule has 0 unspecified atom stereocenters. The van der Waals surface area contributed by atoms with Crippen molar-refractivity contribution in [2.24, 2.45) is 5.73 Å². The smallest absolute Gasteiger partial charge is 0.407 e. The molecule has 0 radical (unpaired) electrons. The summed E-state index contributed by atoms with van der Waals surface area (Å²) in [6.45, 7) is 0.533. The number of rotatable bonds is 7. The Bertz CT molecular complexity index is 734. The molecule has 0 bridgehead atoms. The van der Waals surface area contributed by atoms with E-state index in [0.717, 1.165) is 18.0 Å². The summed E-state index contributed by atoms with van der Waals surface area (Å²) in [4.78, 5) is 41.7. The summed E-state index contributed by atoms with van der Waals surface area (Å²) in [7, 11) is 0. The highest BCUT2D eigenvalue weighted by Crippen LogP contribution is 2.00. The van der Waals surface area contributed by atoms with E-state index in [4.69, 9.17) is 10.5 Å². The molecule has 130 valence electrons. The first-order valence-electron chi connectivity index (χ1n) is 7.41. The zero-order valence-electron chi connectivity index (χ0n) is 13.3. The fourth-order valence-electron chi connectivity index (χ4n) is 1.78. The molecule has 0 fully saturated rings. The van der Waals surface area contributed by atoms with Gasteiger partial charge >= 0.3 is 6.09 Å². The van der Waals surface area contributed by atoms with Crippen molar-refractivity contribution in [3.05, 3.63) is 59.7 Å². The summed E-state index contributed by atoms with van der Waals surface area (Å²) in [5.41, 5.74) is 5.92. The molecule has 4 N–H and O–H groups in total. The highest BCUT2D eigenvalue weighted by Gasteiger charge is 2.09. The zero-order chi connectivity index (χ0) is 18.1. The molecule has 2 aromatic rings. The molecule has 9 nitrogen and oxygen atoms in total. The number of benzene rings is 1. The summed E-state index contributed by atoms with van der Waals surface area (Å²) in [5.74, 6) is -1.21. The van der Waals surface area contributed by atoms with Gasteiger partial charge in [-0.25, -0.2) is 14.8 Å². The normalized spacial score (nSPS) is 9.92. The molecule has 2 rings (SSSR count). The van der Waals surface area contributed by atoms with Crippen LogP contribution in [0.3, 0.4) is 0 Å². The van der Waals surface area contributed by atoms with Gasteiger partial charge in [-0.05, 0) is 5.56 Å². The summed E-state index contributed by atoms with van der Waals surface area (Å²) in [6, 6.07) is 9.27. The van der Waals surface area contributed by atoms with Crippen LogP contribution < -0.4 is 16.4 Å². The van der Waals surface area contributed by atoms with Crippen LogP contribution in [-0.4, -0.2) is 41.0 Å². The maximum absolute atomic E-state index is 11.8. The van der Waals surface area contributed by atoms with Crippen LogP contribution in [-0.2, 0) is 11.3 Å². The summed E-state index contributed by atoms with van der Waals surface area (Å²) in [6.07, 6.45) is 1.69. The number of hydrogen-bond acceptors (Lipinski definition) is 6. The Hall–Kier alpha value is -3.49. The molecule has 0 aliphatic carbocycles. The van der Waals surface area contributed by atoms with Crippen molar-refractivity contribution in [1.29, 1.82) is 0 Å². The third kappa shape index (κ3) is 5.90. The predicted molar refractivity (Wildman–Crippen MR) is 87.5 cm³/mol. The minimum Gasteiger partial charge on any atom is -0.445 e. The highest BCUT2D eigenvalue weighted by molar-refractivity contribution is 5.93. The van der Waals surface area contributed by atoms with Crippen molar-refractivity contribution in [3.63, 3.8) is 0 Å². The van der Waals surface area contributed by atoms with E-state index in [9.17, 15) is 14.4 Å². The number of carbonyl (C=O) groups is 3. The number of amides is 3. The van der Waals surface area contributed by atoms with Gasteiger partial charge < -0.3 is 21.1 Å². The number of alkyl carbamates (subject to hydrolysis) is 1. The first-order chi connectivity index (χ1) is 12.1. The second-order valence-corrected chi connectivity index (χ2v) is 4.90. The van der Waals surface area contributed by atoms with E-state index in [1.54, 1.807) is 0 Å². The quantitative estimate of drug-likeness (QED) is 0.616. The van der Waals surface area contributed by atoms with Crippen LogP contribution in [0.5, 0.6) is 0 Å². The Kier molecular flexibility index (Phi) is 6.40. The van der Waals surface area contributed by atoms with E-state index in [1.165, 1.54) is 0 Å². The lowest BCUT2D eigenvalue weighted by atomic mass is 10.2. The average Bonchev–Trinajstić information content (AvgIpc) is 2.64. The number of aromatic nitrogens is 2. The second kappa shape index (κ2) is 8.96. The van der Waals surface area contributed by atoms with Gasteiger partial charge in [0.05, 0.1) is 12.4 Å². The second-order valence-electron chi connectivity index (χ2n) is 4.90. The zero-order valence-corrected chi connectivity index (χ0v) is 13.3. The van der Waals surface area contributed by atoms with Crippen LogP contribution in [0.1, 0.15) is 26.5 Å². The van der Waals surface area contributed by atoms with Crippen molar-refractivity contribution in [2.75, 3.05) is 13.1 Å². The molecule has 0 saturated carbocycles. The van der Waals surface area contributed by atoms with Gasteiger partial charge in [0, 0.05) is 13.1 Å². The largest absolute Gasteiger partial charge is 0.445 e. The van der Waals surface area contributed by atoms with Gasteiger partial charge in [0.1, 0.15) is 18.0 Å². The fourth-order valence-corrected chi connectivity index (χ4v) is 1.78. The lowest BCUT2D eigenvalue weighted by molar-refractivity contribution is 0.0942. The number of carbonyl (C=O) groups excluding carboxylic acids is 3. The van der Waals surface area contributed by atoms with E-state index in [2.05, 4.69) is 20.6 Å². The van der Waals surface area contributed by atoms with Gasteiger partial charge in [-0.3, -0.25) is 9.59 Å². The lowest BCUT2D eigenvalue weighted by Gasteiger charge is -2.08. The van der Waals surface area contributed by atoms with Gasteiger partial charge in [0.15, 0.2) is 0 Å². The third-order valence-corrected chi connectivity index (χ3v) is 3.03. The Balaban J connectivity index is 1.65. The maximum Gasteiger partial charge on any atom is 0.407 e. The van der Waals surface area contributed by atoms with Gasteiger partial charge in [-0.1, -0.05) is 30.3 Å². The highest BCUT2D eigenvalue weighted by atomic mass is 16.5. The molecular weight excluding hydrogens is 326 g/mol. The fraction of sp³-hybridized carbons (Fsp3) is 0.188. The minimum atomic E-state index is -0.724. The molecule has 9 heteroatoms. The van der Waals surface area contributed by atoms with E-state index >= 15 is 0 Å². The standard InChI is InChI=1S/C16H17N5O4/c17-14(22)12-8-21-13(9-20-12)15(23)18-6-7-19-16(24)25-10-11-4-2-1-3-5-11/h1-5,8-9H,6-7,10H2,(H2,17,22)(H,18,23)(H,19,24). The van der Waals surface area contributed by atoms with Gasteiger partial charge in [0.25, 0.3) is 11.8 Å². The molecule has 1 heterocycles. The monoisotopic (exact) mass is 343 g/mol. The molecule has 0 spiro atoms. The molecule has 3 amide bonds. The number of nitrogens with one attached hydrogen (secondary N) is 2. The summed E-state index contributed by atoms with van der Waals surface area (Å²) in [5, 5.41) is 5.06. The summed E-state index contributed by atoms with van der Waals surface area (Å²) >= 11 is 0. The SMILES string of the molecule is NC(=O)c1cnc(C(=O)NCCNC(=O)OCc2ccccc2)cn1. The van der Waals surface area contributed by atoms with Crippen LogP contribution >= 0.6 is 0 Å². The maximum atomic E-state index is 11.8. The van der Waals surface area contributed by atoms with Crippen molar-refractivity contribution < 1.29 is 19.1 Å². The first-order valence-corrected chi connectivity index (χ1v) is 7.41. The number of ether oxygens (including phenoxy) is 1. The topological polar surface area (TPSA) is 136 Å². The number of nitrogens with zero attached hydrogens (tertiary/aromatic N) is 2. The number of hydrogen-bond donors (Lipinski definition) is 3. The van der Waals surface area contributed by atoms with Crippen molar-refractivity contribution in [2.45, 2.75) is 6.61 Å². The molecule has 1 aromatic carbocycles. The van der Waals surface area contributed by atoms with Gasteiger partial charge in [0.2, 0.25) is 0 Å². The van der Waals surface area contributed by atoms with E-state index in [0.29, 0.717) is 0 Å². The summed E-state index contributed by atoms with van der Waals surface area (Å²) < 4.78 is 5.03. The van der Waals surface area contributed by atoms with E-state index in [1.807, 2.05) is 30.3 Å². The first kappa shape index (κ1) is 17.9. The van der Waals surface area contributed by atoms with Crippen LogP contribution in [0, 0.1) is 0 Å². The van der Waals surface area contributed by atoms with Crippen LogP contribution in [0.25, 0.3) is 0 Å². The van der Waals surface area contributed by atoms with Crippen molar-refractivity contribution in [3.8, 4) is 0 Å². The lowest BCUT2D eigenvalue weighted by Crippen LogP contribution is -2.35. The predicted octanol–water partition coefficient (Wildman–Crippen LogP) is 0.232. The number of primary amides is 1. The molecule has 0 aliphatic heterocycles. The molecule has 1 aromatic heterocycles. The van der Waals surface area contributed by atoms with Crippen molar-refractivity contribution in [1.82, 2.24) is 20.6 Å². The third-order valence-electron chi connectivity index (χ3n) is 3.03. The average molecular weight is 343 g/mol. The Labute approximate surface area is 143 Å². The number of nitrogens with two attached hydrogens (primary N) is 1. The van der Waals surface area contributed by atoms with Crippen LogP contribution in [0.15, 0.2) is 42.7 Å². The van der Waals surface area contributed by atoms with E-state index < -0.39 is 17.9 Å². The molecule has 25 heavy (non-hydrogen) atoms. The molecular formula is C16H17N5O4. The molecule has 0 saturated heterocycles. The van der Waals surface area contributed by atoms with Gasteiger partial charge in [-0.2, -0.15) is 0 Å². The van der Waals surface area contributed by atoms with Crippen LogP contribution in [0.2, 0.25) is 0 Å². The minimum absolute atomic E-state index is 0.0284. The Morgan fingerprint density at radius 1 is 0.960 bits per heavy atom.